The number of nitrogens with two attached hydrogens (primary N) is 2. The van der Waals surface area contributed by atoms with E-state index in [0.717, 1.165) is 41.7 Å². The molecule has 8 nitrogen and oxygen atoms in total. The van der Waals surface area contributed by atoms with Gasteiger partial charge in [0.15, 0.2) is 0 Å². The minimum absolute atomic E-state index is 0.0405. The molecular weight excluding hydrogens is 440 g/mol. The molecule has 6 N–H and O–H groups in total. The van der Waals surface area contributed by atoms with Gasteiger partial charge in [0.05, 0.1) is 5.56 Å². The van der Waals surface area contributed by atoms with Gasteiger partial charge >= 0.3 is 12.0 Å². The molecule has 178 valence electrons. The summed E-state index contributed by atoms with van der Waals surface area (Å²) in [5, 5.41) is 6.13. The van der Waals surface area contributed by atoms with Crippen LogP contribution in [-0.2, 0) is 16.1 Å². The molecule has 1 aliphatic rings. The first kappa shape index (κ1) is 24.7. The van der Waals surface area contributed by atoms with Crippen molar-refractivity contribution >= 4 is 34.2 Å². The van der Waals surface area contributed by atoms with Crippen LogP contribution in [-0.4, -0.2) is 30.1 Å². The van der Waals surface area contributed by atoms with Gasteiger partial charge < -0.3 is 21.5 Å². The molecule has 0 aliphatic heterocycles. The number of amides is 3. The quantitative estimate of drug-likeness (QED) is 0.388. The van der Waals surface area contributed by atoms with Crippen LogP contribution in [0.4, 0.5) is 9.80 Å². The number of nitrogens with one attached hydrogen (secondary N) is 2. The molecule has 1 heterocycles. The van der Waals surface area contributed by atoms with Gasteiger partial charge in [-0.3, -0.25) is 14.9 Å². The molecule has 3 amide bonds. The summed E-state index contributed by atoms with van der Waals surface area (Å²) in [6.07, 6.45) is 4.86. The highest BCUT2D eigenvalue weighted by molar-refractivity contribution is 7.20. The number of ether oxygens (including phenoxy) is 1. The van der Waals surface area contributed by atoms with Crippen LogP contribution in [0.25, 0.3) is 10.4 Å². The fourth-order valence-corrected chi connectivity index (χ4v) is 5.05. The third-order valence-corrected chi connectivity index (χ3v) is 6.67. The number of carbonyl (C=O) groups is 3. The number of benzene rings is 1. The van der Waals surface area contributed by atoms with Crippen molar-refractivity contribution in [2.45, 2.75) is 64.6 Å². The molecule has 1 aliphatic carbocycles. The molecule has 33 heavy (non-hydrogen) atoms. The highest BCUT2D eigenvalue weighted by atomic mass is 32.1. The van der Waals surface area contributed by atoms with Crippen molar-refractivity contribution < 1.29 is 19.1 Å². The van der Waals surface area contributed by atoms with Gasteiger partial charge in [0.1, 0.15) is 17.1 Å². The van der Waals surface area contributed by atoms with Crippen molar-refractivity contribution in [2.24, 2.45) is 17.4 Å². The van der Waals surface area contributed by atoms with Crippen LogP contribution in [0.3, 0.4) is 0 Å². The Hall–Kier alpha value is -2.91. The summed E-state index contributed by atoms with van der Waals surface area (Å²) in [5.74, 6) is -0.478. The summed E-state index contributed by atoms with van der Waals surface area (Å²) in [6, 6.07) is 8.28. The van der Waals surface area contributed by atoms with Crippen LogP contribution >= 0.6 is 11.3 Å². The third kappa shape index (κ3) is 7.03. The summed E-state index contributed by atoms with van der Waals surface area (Å²) < 4.78 is 5.74. The number of carbonyl (C=O) groups excluding carboxylic acids is 3. The van der Waals surface area contributed by atoms with Crippen LogP contribution in [0.1, 0.15) is 61.9 Å². The zero-order valence-corrected chi connectivity index (χ0v) is 19.9. The van der Waals surface area contributed by atoms with E-state index >= 15 is 0 Å². The molecule has 1 atom stereocenters. The summed E-state index contributed by atoms with van der Waals surface area (Å²) in [7, 11) is 0. The fourth-order valence-electron chi connectivity index (χ4n) is 3.98. The molecule has 0 bridgehead atoms. The molecule has 0 saturated heterocycles. The van der Waals surface area contributed by atoms with E-state index < -0.39 is 11.9 Å². The van der Waals surface area contributed by atoms with Gasteiger partial charge in [-0.1, -0.05) is 32.0 Å². The molecule has 0 unspecified atom stereocenters. The number of anilines is 1. The smallest absolute Gasteiger partial charge is 0.323 e. The van der Waals surface area contributed by atoms with Crippen molar-refractivity contribution in [1.82, 2.24) is 5.32 Å². The number of rotatable bonds is 10. The highest BCUT2D eigenvalue weighted by Crippen LogP contribution is 2.35. The average molecular weight is 473 g/mol. The predicted molar refractivity (Wildman–Crippen MR) is 130 cm³/mol. The van der Waals surface area contributed by atoms with Gasteiger partial charge in [-0.2, -0.15) is 0 Å². The lowest BCUT2D eigenvalue weighted by Crippen LogP contribution is -2.40. The topological polar surface area (TPSA) is 137 Å². The third-order valence-electron chi connectivity index (χ3n) is 5.57. The second-order valence-corrected chi connectivity index (χ2v) is 9.87. The molecule has 1 saturated carbocycles. The van der Waals surface area contributed by atoms with Crippen molar-refractivity contribution in [3.05, 3.63) is 41.5 Å². The molecular formula is C24H32N4O4S. The standard InChI is InChI=1S/C24H32N4O4S/c1-14(2)10-19(23(30)32-17-8-3-4-9-17)27-13-15-6-5-7-16(11-15)20-12-18(21(25)29)22(33-20)28-24(26)31/h5-7,11-12,14,17,19,27H,3-4,8-10,13H2,1-2H3,(H2,25,29)(H3,26,28,31)/t19-/m0/s1. The van der Waals surface area contributed by atoms with E-state index in [1.54, 1.807) is 6.07 Å². The van der Waals surface area contributed by atoms with E-state index in [1.165, 1.54) is 11.3 Å². The van der Waals surface area contributed by atoms with Crippen LogP contribution in [0.15, 0.2) is 30.3 Å². The first-order valence-electron chi connectivity index (χ1n) is 11.3. The Kier molecular flexibility index (Phi) is 8.46. The second-order valence-electron chi connectivity index (χ2n) is 8.81. The number of primary amides is 2. The van der Waals surface area contributed by atoms with Gasteiger partial charge in [-0.05, 0) is 61.3 Å². The normalized spacial score (nSPS) is 14.9. The Balaban J connectivity index is 1.72. The molecule has 0 radical (unpaired) electrons. The van der Waals surface area contributed by atoms with E-state index in [0.29, 0.717) is 23.9 Å². The van der Waals surface area contributed by atoms with Crippen LogP contribution < -0.4 is 22.1 Å². The zero-order chi connectivity index (χ0) is 24.0. The van der Waals surface area contributed by atoms with Gasteiger partial charge in [-0.15, -0.1) is 11.3 Å². The van der Waals surface area contributed by atoms with E-state index in [1.807, 2.05) is 24.3 Å². The van der Waals surface area contributed by atoms with Gasteiger partial charge in [-0.25, -0.2) is 4.79 Å². The largest absolute Gasteiger partial charge is 0.461 e. The number of hydrogen-bond acceptors (Lipinski definition) is 6. The SMILES string of the molecule is CC(C)C[C@H](NCc1cccc(-c2cc(C(N)=O)c(NC(N)=O)s2)c1)C(=O)OC1CCCC1. The molecule has 0 spiro atoms. The van der Waals surface area contributed by atoms with E-state index in [9.17, 15) is 14.4 Å². The lowest BCUT2D eigenvalue weighted by atomic mass is 10.0. The summed E-state index contributed by atoms with van der Waals surface area (Å²) in [4.78, 5) is 36.5. The number of hydrogen-bond donors (Lipinski definition) is 4. The highest BCUT2D eigenvalue weighted by Gasteiger charge is 2.26. The summed E-state index contributed by atoms with van der Waals surface area (Å²) in [5.41, 5.74) is 12.7. The molecule has 9 heteroatoms. The monoisotopic (exact) mass is 472 g/mol. The lowest BCUT2D eigenvalue weighted by molar-refractivity contribution is -0.151. The Morgan fingerprint density at radius 2 is 1.88 bits per heavy atom. The maximum Gasteiger partial charge on any atom is 0.323 e. The Labute approximate surface area is 198 Å². The zero-order valence-electron chi connectivity index (χ0n) is 19.1. The van der Waals surface area contributed by atoms with Crippen LogP contribution in [0.2, 0.25) is 0 Å². The Morgan fingerprint density at radius 1 is 1.15 bits per heavy atom. The van der Waals surface area contributed by atoms with E-state index in [4.69, 9.17) is 16.2 Å². The molecule has 1 fully saturated rings. The molecule has 1 aromatic heterocycles. The summed E-state index contributed by atoms with van der Waals surface area (Å²) >= 11 is 1.23. The number of thiophene rings is 1. The van der Waals surface area contributed by atoms with Gasteiger partial charge in [0, 0.05) is 11.4 Å². The number of esters is 1. The predicted octanol–water partition coefficient (Wildman–Crippen LogP) is 3.99. The molecule has 1 aromatic carbocycles. The minimum atomic E-state index is -0.760. The van der Waals surface area contributed by atoms with Crippen LogP contribution in [0.5, 0.6) is 0 Å². The van der Waals surface area contributed by atoms with Gasteiger partial charge in [0.25, 0.3) is 5.91 Å². The lowest BCUT2D eigenvalue weighted by Gasteiger charge is -2.22. The Bertz CT molecular complexity index is 998. The maximum absolute atomic E-state index is 12.8. The van der Waals surface area contributed by atoms with Crippen LogP contribution in [0, 0.1) is 5.92 Å². The molecule has 2 aromatic rings. The van der Waals surface area contributed by atoms with E-state index in [-0.39, 0.29) is 23.7 Å². The fraction of sp³-hybridized carbons (Fsp3) is 0.458. The minimum Gasteiger partial charge on any atom is -0.461 e. The maximum atomic E-state index is 12.8. The first-order chi connectivity index (χ1) is 15.7. The second kappa shape index (κ2) is 11.3. The first-order valence-corrected chi connectivity index (χ1v) is 12.1. The van der Waals surface area contributed by atoms with Crippen molar-refractivity contribution in [1.29, 1.82) is 0 Å². The molecule has 3 rings (SSSR count). The van der Waals surface area contributed by atoms with Crippen molar-refractivity contribution in [3.63, 3.8) is 0 Å². The van der Waals surface area contributed by atoms with E-state index in [2.05, 4.69) is 24.5 Å². The van der Waals surface area contributed by atoms with Gasteiger partial charge in [0.2, 0.25) is 0 Å². The van der Waals surface area contributed by atoms with Crippen molar-refractivity contribution in [3.8, 4) is 10.4 Å². The Morgan fingerprint density at radius 3 is 2.52 bits per heavy atom. The summed E-state index contributed by atoms with van der Waals surface area (Å²) in [6.45, 7) is 4.66. The average Bonchev–Trinajstić information content (AvgIpc) is 3.40. The van der Waals surface area contributed by atoms with Crippen molar-refractivity contribution in [2.75, 3.05) is 5.32 Å². The number of urea groups is 1.